The third-order valence-corrected chi connectivity index (χ3v) is 6.90. The van der Waals surface area contributed by atoms with Crippen LogP contribution in [0, 0.1) is 11.7 Å². The summed E-state index contributed by atoms with van der Waals surface area (Å²) in [6.07, 6.45) is 4.98. The van der Waals surface area contributed by atoms with Crippen LogP contribution < -0.4 is 5.32 Å². The molecule has 1 amide bonds. The highest BCUT2D eigenvalue weighted by Gasteiger charge is 2.21. The van der Waals surface area contributed by atoms with E-state index in [9.17, 15) is 9.18 Å². The predicted molar refractivity (Wildman–Crippen MR) is 124 cm³/mol. The van der Waals surface area contributed by atoms with Crippen molar-refractivity contribution in [1.82, 2.24) is 20.1 Å². The maximum absolute atomic E-state index is 13.5. The molecule has 0 saturated carbocycles. The molecular formula is C24H29FN4O2S. The van der Waals surface area contributed by atoms with E-state index in [-0.39, 0.29) is 24.2 Å². The monoisotopic (exact) mass is 456 g/mol. The van der Waals surface area contributed by atoms with Crippen molar-refractivity contribution in [3.05, 3.63) is 47.4 Å². The molecule has 1 fully saturated rings. The van der Waals surface area contributed by atoms with Gasteiger partial charge in [0.2, 0.25) is 5.91 Å². The summed E-state index contributed by atoms with van der Waals surface area (Å²) in [7, 11) is 0. The maximum atomic E-state index is 13.5. The topological polar surface area (TPSA) is 69.0 Å². The molecule has 4 rings (SSSR count). The normalized spacial score (nSPS) is 15.6. The summed E-state index contributed by atoms with van der Waals surface area (Å²) in [4.78, 5) is 17.2. The molecule has 170 valence electrons. The summed E-state index contributed by atoms with van der Waals surface area (Å²) in [5, 5.41) is 10.4. The van der Waals surface area contributed by atoms with Crippen LogP contribution in [-0.2, 0) is 16.0 Å². The van der Waals surface area contributed by atoms with Crippen molar-refractivity contribution < 1.29 is 13.9 Å². The molecule has 1 aromatic carbocycles. The van der Waals surface area contributed by atoms with Gasteiger partial charge in [-0.1, -0.05) is 6.92 Å². The first kappa shape index (κ1) is 22.6. The van der Waals surface area contributed by atoms with E-state index in [1.165, 1.54) is 23.5 Å². The number of carbonyl (C=O) groups is 1. The molecule has 1 saturated heterocycles. The number of nitrogens with one attached hydrogen (secondary N) is 1. The fourth-order valence-corrected chi connectivity index (χ4v) is 4.70. The summed E-state index contributed by atoms with van der Waals surface area (Å²) in [6.45, 7) is 6.46. The maximum Gasteiger partial charge on any atom is 0.226 e. The number of hydrogen-bond acceptors (Lipinski definition) is 5. The van der Waals surface area contributed by atoms with Gasteiger partial charge in [-0.25, -0.2) is 9.37 Å². The van der Waals surface area contributed by atoms with E-state index in [0.717, 1.165) is 60.0 Å². The van der Waals surface area contributed by atoms with Crippen LogP contribution in [0.3, 0.4) is 0 Å². The highest BCUT2D eigenvalue weighted by Crippen LogP contribution is 2.36. The minimum absolute atomic E-state index is 0.0117. The van der Waals surface area contributed by atoms with E-state index in [4.69, 9.17) is 9.72 Å². The number of halogens is 1. The molecule has 0 aliphatic carbocycles. The smallest absolute Gasteiger partial charge is 0.226 e. The Morgan fingerprint density at radius 2 is 2.06 bits per heavy atom. The molecule has 3 aromatic rings. The van der Waals surface area contributed by atoms with Crippen LogP contribution in [0.5, 0.6) is 0 Å². The van der Waals surface area contributed by atoms with Crippen molar-refractivity contribution in [2.75, 3.05) is 19.8 Å². The standard InChI is InChI=1S/C24H29FN4O2S/c1-3-16(2)29-23(18-4-6-19(25)7-5-18)21(14-27-29)24-28-20(15-32-24)12-22(30)26-13-17-8-10-31-11-9-17/h4-7,14-17H,3,8-13H2,1-2H3,(H,26,30). The molecule has 2 aromatic heterocycles. The molecule has 1 atom stereocenters. The lowest BCUT2D eigenvalue weighted by Crippen LogP contribution is -2.33. The molecule has 8 heteroatoms. The van der Waals surface area contributed by atoms with Gasteiger partial charge in [-0.3, -0.25) is 9.48 Å². The number of thiazole rings is 1. The molecule has 0 bridgehead atoms. The van der Waals surface area contributed by atoms with Gasteiger partial charge in [-0.2, -0.15) is 5.10 Å². The van der Waals surface area contributed by atoms with E-state index < -0.39 is 0 Å². The Hall–Kier alpha value is -2.58. The number of hydrogen-bond donors (Lipinski definition) is 1. The van der Waals surface area contributed by atoms with Crippen LogP contribution in [-0.4, -0.2) is 40.4 Å². The number of rotatable bonds is 8. The highest BCUT2D eigenvalue weighted by molar-refractivity contribution is 7.13. The van der Waals surface area contributed by atoms with Gasteiger partial charge in [0.05, 0.1) is 29.6 Å². The Morgan fingerprint density at radius 3 is 2.78 bits per heavy atom. The molecule has 3 heterocycles. The van der Waals surface area contributed by atoms with Crippen LogP contribution >= 0.6 is 11.3 Å². The first-order chi connectivity index (χ1) is 15.5. The van der Waals surface area contributed by atoms with Gasteiger partial charge in [0, 0.05) is 36.7 Å². The summed E-state index contributed by atoms with van der Waals surface area (Å²) >= 11 is 1.50. The van der Waals surface area contributed by atoms with Crippen molar-refractivity contribution in [2.24, 2.45) is 5.92 Å². The van der Waals surface area contributed by atoms with Crippen molar-refractivity contribution in [1.29, 1.82) is 0 Å². The third-order valence-electron chi connectivity index (χ3n) is 5.97. The van der Waals surface area contributed by atoms with E-state index in [1.54, 1.807) is 12.1 Å². The Morgan fingerprint density at radius 1 is 1.31 bits per heavy atom. The van der Waals surface area contributed by atoms with E-state index in [1.807, 2.05) is 16.3 Å². The van der Waals surface area contributed by atoms with Crippen LogP contribution in [0.25, 0.3) is 21.8 Å². The minimum Gasteiger partial charge on any atom is -0.381 e. The molecule has 1 aliphatic rings. The highest BCUT2D eigenvalue weighted by atomic mass is 32.1. The fraction of sp³-hybridized carbons (Fsp3) is 0.458. The van der Waals surface area contributed by atoms with Gasteiger partial charge in [0.25, 0.3) is 0 Å². The molecule has 32 heavy (non-hydrogen) atoms. The minimum atomic E-state index is -0.270. The zero-order valence-corrected chi connectivity index (χ0v) is 19.3. The van der Waals surface area contributed by atoms with Crippen LogP contribution in [0.2, 0.25) is 0 Å². The Kier molecular flexibility index (Phi) is 7.32. The molecular weight excluding hydrogens is 427 g/mol. The number of nitrogens with zero attached hydrogens (tertiary/aromatic N) is 3. The summed E-state index contributed by atoms with van der Waals surface area (Å²) in [5.74, 6) is 0.207. The van der Waals surface area contributed by atoms with Crippen LogP contribution in [0.1, 0.15) is 44.8 Å². The van der Waals surface area contributed by atoms with Gasteiger partial charge >= 0.3 is 0 Å². The molecule has 0 radical (unpaired) electrons. The number of benzene rings is 1. The van der Waals surface area contributed by atoms with Gasteiger partial charge in [-0.15, -0.1) is 11.3 Å². The number of carbonyl (C=O) groups excluding carboxylic acids is 1. The molecule has 1 N–H and O–H groups in total. The van der Waals surface area contributed by atoms with Crippen LogP contribution in [0.15, 0.2) is 35.8 Å². The average molecular weight is 457 g/mol. The summed E-state index contributed by atoms with van der Waals surface area (Å²) in [6, 6.07) is 6.66. The molecule has 6 nitrogen and oxygen atoms in total. The predicted octanol–water partition coefficient (Wildman–Crippen LogP) is 4.87. The Labute approximate surface area is 191 Å². The second kappa shape index (κ2) is 10.4. The summed E-state index contributed by atoms with van der Waals surface area (Å²) < 4.78 is 20.9. The summed E-state index contributed by atoms with van der Waals surface area (Å²) in [5.41, 5.74) is 3.46. The van der Waals surface area contributed by atoms with E-state index in [0.29, 0.717) is 12.5 Å². The molecule has 1 unspecified atom stereocenters. The molecule has 1 aliphatic heterocycles. The second-order valence-corrected chi connectivity index (χ2v) is 9.15. The second-order valence-electron chi connectivity index (χ2n) is 8.30. The fourth-order valence-electron chi connectivity index (χ4n) is 3.87. The van der Waals surface area contributed by atoms with Gasteiger partial charge in [-0.05, 0) is 56.4 Å². The van der Waals surface area contributed by atoms with Crippen molar-refractivity contribution in [2.45, 2.75) is 45.6 Å². The third kappa shape index (κ3) is 5.24. The van der Waals surface area contributed by atoms with E-state index >= 15 is 0 Å². The van der Waals surface area contributed by atoms with Crippen LogP contribution in [0.4, 0.5) is 4.39 Å². The number of ether oxygens (including phenoxy) is 1. The quantitative estimate of drug-likeness (QED) is 0.525. The largest absolute Gasteiger partial charge is 0.381 e. The Balaban J connectivity index is 1.51. The zero-order valence-electron chi connectivity index (χ0n) is 18.5. The molecule has 0 spiro atoms. The van der Waals surface area contributed by atoms with Crippen molar-refractivity contribution in [3.8, 4) is 21.8 Å². The first-order valence-corrected chi connectivity index (χ1v) is 12.1. The average Bonchev–Trinajstić information content (AvgIpc) is 3.45. The number of amides is 1. The van der Waals surface area contributed by atoms with Gasteiger partial charge in [0.1, 0.15) is 10.8 Å². The van der Waals surface area contributed by atoms with Gasteiger partial charge < -0.3 is 10.1 Å². The Bertz CT molecular complexity index is 1040. The first-order valence-electron chi connectivity index (χ1n) is 11.2. The lowest BCUT2D eigenvalue weighted by atomic mass is 10.0. The SMILES string of the molecule is CCC(C)n1ncc(-c2nc(CC(=O)NCC3CCOCC3)cs2)c1-c1ccc(F)cc1. The van der Waals surface area contributed by atoms with Gasteiger partial charge in [0.15, 0.2) is 0 Å². The lowest BCUT2D eigenvalue weighted by molar-refractivity contribution is -0.120. The number of aromatic nitrogens is 3. The zero-order chi connectivity index (χ0) is 22.5. The van der Waals surface area contributed by atoms with Crippen molar-refractivity contribution in [3.63, 3.8) is 0 Å². The lowest BCUT2D eigenvalue weighted by Gasteiger charge is -2.22. The van der Waals surface area contributed by atoms with E-state index in [2.05, 4.69) is 24.3 Å². The van der Waals surface area contributed by atoms with Crippen molar-refractivity contribution >= 4 is 17.2 Å².